The van der Waals surface area contributed by atoms with Crippen molar-refractivity contribution in [2.45, 2.75) is 17.9 Å². The summed E-state index contributed by atoms with van der Waals surface area (Å²) in [6, 6.07) is 17.3. The predicted octanol–water partition coefficient (Wildman–Crippen LogP) is 4.34. The zero-order valence-electron chi connectivity index (χ0n) is 19.3. The lowest BCUT2D eigenvalue weighted by Gasteiger charge is -2.27. The number of aromatic nitrogens is 1. The summed E-state index contributed by atoms with van der Waals surface area (Å²) >= 11 is 0. The monoisotopic (exact) mass is 493 g/mol. The van der Waals surface area contributed by atoms with E-state index in [1.165, 1.54) is 42.7 Å². The number of amides is 1. The van der Waals surface area contributed by atoms with Crippen molar-refractivity contribution in [2.24, 2.45) is 0 Å². The van der Waals surface area contributed by atoms with Crippen LogP contribution in [-0.2, 0) is 23.0 Å². The predicted molar refractivity (Wildman–Crippen MR) is 132 cm³/mol. The van der Waals surface area contributed by atoms with Crippen LogP contribution >= 0.6 is 0 Å². The number of hydrogen-bond acceptors (Lipinski definition) is 4. The second-order valence-corrected chi connectivity index (χ2v) is 10.4. The molecule has 35 heavy (non-hydrogen) atoms. The molecular weight excluding hydrogens is 469 g/mol. The van der Waals surface area contributed by atoms with Gasteiger partial charge in [0.15, 0.2) is 0 Å². The number of carbonyl (C=O) groups is 1. The maximum atomic E-state index is 13.8. The molecule has 0 spiro atoms. The van der Waals surface area contributed by atoms with Gasteiger partial charge in [-0.3, -0.25) is 9.10 Å². The smallest absolute Gasteiger partial charge is 0.264 e. The zero-order valence-corrected chi connectivity index (χ0v) is 20.1. The number of nitrogens with one attached hydrogen (secondary N) is 1. The van der Waals surface area contributed by atoms with E-state index in [0.717, 1.165) is 22.2 Å². The summed E-state index contributed by atoms with van der Waals surface area (Å²) in [5, 5.41) is 0.759. The number of carbonyl (C=O) groups excluding carboxylic acids is 1. The first-order chi connectivity index (χ1) is 16.8. The summed E-state index contributed by atoms with van der Waals surface area (Å²) < 4.78 is 46.7. The third-order valence-electron chi connectivity index (χ3n) is 6.40. The first kappa shape index (κ1) is 22.9. The van der Waals surface area contributed by atoms with Crippen molar-refractivity contribution in [1.29, 1.82) is 0 Å². The number of anilines is 1. The van der Waals surface area contributed by atoms with Crippen LogP contribution in [0, 0.1) is 5.82 Å². The number of sulfonamides is 1. The average molecular weight is 494 g/mol. The van der Waals surface area contributed by atoms with E-state index in [1.54, 1.807) is 47.4 Å². The molecule has 1 N–H and O–H groups in total. The number of hydrogen-bond donors (Lipinski definition) is 1. The van der Waals surface area contributed by atoms with E-state index in [9.17, 15) is 17.6 Å². The number of ether oxygens (including phenoxy) is 1. The topological polar surface area (TPSA) is 82.7 Å². The van der Waals surface area contributed by atoms with E-state index in [1.807, 2.05) is 0 Å². The molecule has 1 aliphatic heterocycles. The Kier molecular flexibility index (Phi) is 5.72. The molecule has 5 rings (SSSR count). The van der Waals surface area contributed by atoms with Crippen molar-refractivity contribution >= 4 is 32.5 Å². The fourth-order valence-electron chi connectivity index (χ4n) is 4.42. The number of aromatic amines is 1. The molecule has 0 bridgehead atoms. The van der Waals surface area contributed by atoms with E-state index < -0.39 is 10.0 Å². The first-order valence-corrected chi connectivity index (χ1v) is 12.5. The van der Waals surface area contributed by atoms with Crippen molar-refractivity contribution in [3.8, 4) is 5.75 Å². The maximum absolute atomic E-state index is 13.8. The quantitative estimate of drug-likeness (QED) is 0.448. The Labute approximate surface area is 202 Å². The highest BCUT2D eigenvalue weighted by atomic mass is 32.2. The van der Waals surface area contributed by atoms with Gasteiger partial charge in [-0.1, -0.05) is 6.07 Å². The Morgan fingerprint density at radius 1 is 1.09 bits per heavy atom. The molecule has 1 amide bonds. The van der Waals surface area contributed by atoms with Gasteiger partial charge in [-0.2, -0.15) is 0 Å². The zero-order chi connectivity index (χ0) is 24.7. The summed E-state index contributed by atoms with van der Waals surface area (Å²) in [6.07, 6.45) is 0.607. The van der Waals surface area contributed by atoms with E-state index >= 15 is 0 Å². The molecule has 4 aromatic rings. The van der Waals surface area contributed by atoms with Crippen LogP contribution in [0.25, 0.3) is 10.9 Å². The number of benzene rings is 3. The summed E-state index contributed by atoms with van der Waals surface area (Å²) in [7, 11) is -0.891. The van der Waals surface area contributed by atoms with Crippen LogP contribution < -0.4 is 9.04 Å². The van der Waals surface area contributed by atoms with Crippen molar-refractivity contribution in [3.63, 3.8) is 0 Å². The SMILES string of the molecule is COc1ccc(N(C)S(=O)(=O)c2cccc(C(=O)N3CCc4[nH]c5ccc(F)cc5c4C3)c2)cc1. The lowest BCUT2D eigenvalue weighted by Crippen LogP contribution is -2.36. The molecule has 0 radical (unpaired) electrons. The van der Waals surface area contributed by atoms with Crippen LogP contribution in [0.1, 0.15) is 21.6 Å². The molecule has 0 saturated carbocycles. The molecule has 1 aliphatic rings. The summed E-state index contributed by atoms with van der Waals surface area (Å²) in [6.45, 7) is 0.796. The average Bonchev–Trinajstić information content (AvgIpc) is 3.25. The van der Waals surface area contributed by atoms with E-state index in [0.29, 0.717) is 30.9 Å². The van der Waals surface area contributed by atoms with Crippen LogP contribution in [0.3, 0.4) is 0 Å². The van der Waals surface area contributed by atoms with Crippen molar-refractivity contribution < 1.29 is 22.3 Å². The van der Waals surface area contributed by atoms with Gasteiger partial charge in [0.25, 0.3) is 15.9 Å². The van der Waals surface area contributed by atoms with Gasteiger partial charge < -0.3 is 14.6 Å². The second kappa shape index (κ2) is 8.74. The molecule has 0 atom stereocenters. The minimum atomic E-state index is -3.90. The third-order valence-corrected chi connectivity index (χ3v) is 8.18. The van der Waals surface area contributed by atoms with Crippen LogP contribution in [0.4, 0.5) is 10.1 Å². The van der Waals surface area contributed by atoms with Crippen LogP contribution in [0.5, 0.6) is 5.75 Å². The number of fused-ring (bicyclic) bond motifs is 3. The Balaban J connectivity index is 1.41. The van der Waals surface area contributed by atoms with E-state index in [-0.39, 0.29) is 22.2 Å². The van der Waals surface area contributed by atoms with Crippen molar-refractivity contribution in [3.05, 3.63) is 89.4 Å². The van der Waals surface area contributed by atoms with Crippen LogP contribution in [0.15, 0.2) is 71.6 Å². The van der Waals surface area contributed by atoms with Gasteiger partial charge in [0.2, 0.25) is 0 Å². The standard InChI is InChI=1S/C26H24FN3O4S/c1-29(19-7-9-20(34-2)10-8-19)35(32,33)21-5-3-4-17(14-21)26(31)30-13-12-25-23(16-30)22-15-18(27)6-11-24(22)28-25/h3-11,14-15,28H,12-13,16H2,1-2H3. The van der Waals surface area contributed by atoms with E-state index in [2.05, 4.69) is 4.98 Å². The second-order valence-electron chi connectivity index (χ2n) is 8.45. The van der Waals surface area contributed by atoms with Gasteiger partial charge in [-0.25, -0.2) is 12.8 Å². The lowest BCUT2D eigenvalue weighted by molar-refractivity contribution is 0.0735. The van der Waals surface area contributed by atoms with Crippen LogP contribution in [-0.4, -0.2) is 44.9 Å². The molecular formula is C26H24FN3O4S. The largest absolute Gasteiger partial charge is 0.497 e. The van der Waals surface area contributed by atoms with Crippen molar-refractivity contribution in [2.75, 3.05) is 25.0 Å². The fourth-order valence-corrected chi connectivity index (χ4v) is 5.66. The van der Waals surface area contributed by atoms with E-state index in [4.69, 9.17) is 4.74 Å². The number of halogens is 1. The molecule has 0 unspecified atom stereocenters. The number of nitrogens with zero attached hydrogens (tertiary/aromatic N) is 2. The van der Waals surface area contributed by atoms with Crippen LogP contribution in [0.2, 0.25) is 0 Å². The van der Waals surface area contributed by atoms with Gasteiger partial charge in [0.1, 0.15) is 11.6 Å². The molecule has 0 fully saturated rings. The van der Waals surface area contributed by atoms with Gasteiger partial charge in [0, 0.05) is 54.3 Å². The normalized spacial score (nSPS) is 13.5. The third kappa shape index (κ3) is 4.12. The molecule has 180 valence electrons. The molecule has 0 aliphatic carbocycles. The number of methoxy groups -OCH3 is 1. The number of rotatable bonds is 5. The highest BCUT2D eigenvalue weighted by Gasteiger charge is 2.27. The van der Waals surface area contributed by atoms with Gasteiger partial charge >= 0.3 is 0 Å². The summed E-state index contributed by atoms with van der Waals surface area (Å²) in [4.78, 5) is 18.3. The molecule has 9 heteroatoms. The molecule has 0 saturated heterocycles. The van der Waals surface area contributed by atoms with Gasteiger partial charge in [-0.15, -0.1) is 0 Å². The highest BCUT2D eigenvalue weighted by Crippen LogP contribution is 2.30. The molecule has 3 aromatic carbocycles. The fraction of sp³-hybridized carbons (Fsp3) is 0.192. The molecule has 1 aromatic heterocycles. The van der Waals surface area contributed by atoms with Crippen molar-refractivity contribution in [1.82, 2.24) is 9.88 Å². The molecule has 2 heterocycles. The minimum absolute atomic E-state index is 0.0218. The first-order valence-electron chi connectivity index (χ1n) is 11.1. The number of H-pyrrole nitrogens is 1. The Morgan fingerprint density at radius 2 is 1.86 bits per heavy atom. The van der Waals surface area contributed by atoms with Gasteiger partial charge in [-0.05, 0) is 60.7 Å². The Hall–Kier alpha value is -3.85. The minimum Gasteiger partial charge on any atom is -0.497 e. The van der Waals surface area contributed by atoms with Gasteiger partial charge in [0.05, 0.1) is 17.7 Å². The highest BCUT2D eigenvalue weighted by molar-refractivity contribution is 7.92. The molecule has 7 nitrogen and oxygen atoms in total. The summed E-state index contributed by atoms with van der Waals surface area (Å²) in [5.74, 6) is 0.0157. The summed E-state index contributed by atoms with van der Waals surface area (Å²) in [5.41, 5.74) is 3.47. The Bertz CT molecular complexity index is 1530. The Morgan fingerprint density at radius 3 is 2.60 bits per heavy atom. The lowest BCUT2D eigenvalue weighted by atomic mass is 10.0. The maximum Gasteiger partial charge on any atom is 0.264 e.